The molecule has 0 unspecified atom stereocenters. The summed E-state index contributed by atoms with van der Waals surface area (Å²) < 4.78 is 1.80. The SMILES string of the molecule is N#Cc1sc(N=C(Nc2ccccc2)c2ccccc2)[n+](-c2ccccc2)c1N. The number of nitrogen functional groups attached to an aromatic ring is 1. The number of benzene rings is 3. The predicted molar refractivity (Wildman–Crippen MR) is 118 cm³/mol. The van der Waals surface area contributed by atoms with Crippen LogP contribution in [0.25, 0.3) is 5.69 Å². The topological polar surface area (TPSA) is 78.1 Å². The lowest BCUT2D eigenvalue weighted by molar-refractivity contribution is -0.561. The average molecular weight is 396 g/mol. The summed E-state index contributed by atoms with van der Waals surface area (Å²) in [7, 11) is 0. The molecular formula is C23H18N5S+. The molecule has 0 saturated heterocycles. The Morgan fingerprint density at radius 1 is 0.897 bits per heavy atom. The number of nitrogens with two attached hydrogens (primary N) is 1. The molecule has 0 amide bonds. The number of amidine groups is 1. The van der Waals surface area contributed by atoms with Crippen LogP contribution in [0, 0.1) is 11.3 Å². The predicted octanol–water partition coefficient (Wildman–Crippen LogP) is 4.67. The fourth-order valence-electron chi connectivity index (χ4n) is 2.89. The highest BCUT2D eigenvalue weighted by Crippen LogP contribution is 2.28. The van der Waals surface area contributed by atoms with E-state index in [2.05, 4.69) is 11.4 Å². The van der Waals surface area contributed by atoms with Crippen molar-refractivity contribution in [2.45, 2.75) is 0 Å². The minimum absolute atomic E-state index is 0.384. The van der Waals surface area contributed by atoms with Gasteiger partial charge in [-0.15, -0.1) is 0 Å². The summed E-state index contributed by atoms with van der Waals surface area (Å²) in [5, 5.41) is 13.5. The summed E-state index contributed by atoms with van der Waals surface area (Å²) in [5.41, 5.74) is 8.98. The lowest BCUT2D eigenvalue weighted by Gasteiger charge is -2.07. The van der Waals surface area contributed by atoms with Crippen LogP contribution in [0.3, 0.4) is 0 Å². The van der Waals surface area contributed by atoms with Crippen molar-refractivity contribution in [1.82, 2.24) is 0 Å². The van der Waals surface area contributed by atoms with E-state index in [9.17, 15) is 5.26 Å². The molecule has 0 spiro atoms. The molecule has 0 fully saturated rings. The van der Waals surface area contributed by atoms with Gasteiger partial charge in [0.2, 0.25) is 5.84 Å². The van der Waals surface area contributed by atoms with Crippen LogP contribution in [0.5, 0.6) is 0 Å². The largest absolute Gasteiger partial charge is 0.329 e. The molecule has 4 rings (SSSR count). The molecule has 3 N–H and O–H groups in total. The van der Waals surface area contributed by atoms with Crippen molar-refractivity contribution in [3.05, 3.63) is 101 Å². The maximum Gasteiger partial charge on any atom is 0.329 e. The molecule has 1 aromatic heterocycles. The number of hydrogen-bond donors (Lipinski definition) is 2. The first-order chi connectivity index (χ1) is 14.3. The van der Waals surface area contributed by atoms with Gasteiger partial charge in [0.15, 0.2) is 4.88 Å². The van der Waals surface area contributed by atoms with Crippen LogP contribution in [-0.2, 0) is 0 Å². The van der Waals surface area contributed by atoms with Gasteiger partial charge in [-0.1, -0.05) is 59.6 Å². The summed E-state index contributed by atoms with van der Waals surface area (Å²) in [6, 6.07) is 31.6. The smallest absolute Gasteiger partial charge is 0.326 e. The van der Waals surface area contributed by atoms with Gasteiger partial charge in [0.1, 0.15) is 11.8 Å². The number of aromatic nitrogens is 1. The standard InChI is InChI=1S/C23H17N5S/c24-16-20-21(25)28(19-14-8-3-9-15-19)23(29-20)27-22(17-10-4-1-5-11-17)26-18-12-6-2-7-13-18/h1-15H,25H2/p+1. The summed E-state index contributed by atoms with van der Waals surface area (Å²) in [5.74, 6) is 1.06. The van der Waals surface area contributed by atoms with Crippen LogP contribution in [0.15, 0.2) is 96.0 Å². The van der Waals surface area contributed by atoms with Gasteiger partial charge in [-0.2, -0.15) is 9.83 Å². The third-order valence-corrected chi connectivity index (χ3v) is 5.23. The van der Waals surface area contributed by atoms with E-state index in [1.165, 1.54) is 11.3 Å². The van der Waals surface area contributed by atoms with Crippen LogP contribution in [0.4, 0.5) is 16.6 Å². The van der Waals surface area contributed by atoms with Gasteiger partial charge in [-0.3, -0.25) is 0 Å². The highest BCUT2D eigenvalue weighted by Gasteiger charge is 2.24. The van der Waals surface area contributed by atoms with E-state index in [0.717, 1.165) is 16.9 Å². The van der Waals surface area contributed by atoms with Crippen LogP contribution >= 0.6 is 11.3 Å². The van der Waals surface area contributed by atoms with Gasteiger partial charge < -0.3 is 11.1 Å². The molecule has 3 aromatic carbocycles. The Hall–Kier alpha value is -3.95. The zero-order chi connectivity index (χ0) is 20.1. The number of aliphatic imine (C=N–C) groups is 1. The van der Waals surface area contributed by atoms with Crippen molar-refractivity contribution < 1.29 is 4.57 Å². The number of para-hydroxylation sites is 2. The summed E-state index contributed by atoms with van der Waals surface area (Å²) >= 11 is 1.26. The highest BCUT2D eigenvalue weighted by molar-refractivity contribution is 7.15. The number of nitrogens with zero attached hydrogens (tertiary/aromatic N) is 3. The van der Waals surface area contributed by atoms with E-state index in [1.807, 2.05) is 91.0 Å². The fourth-order valence-corrected chi connectivity index (χ4v) is 3.74. The van der Waals surface area contributed by atoms with Crippen molar-refractivity contribution in [2.75, 3.05) is 11.1 Å². The average Bonchev–Trinajstić information content (AvgIpc) is 3.10. The Bertz CT molecular complexity index is 1180. The number of nitrogens with one attached hydrogen (secondary N) is 1. The van der Waals surface area contributed by atoms with E-state index in [0.29, 0.717) is 21.7 Å². The molecule has 4 aromatic rings. The summed E-state index contributed by atoms with van der Waals surface area (Å²) in [4.78, 5) is 5.32. The van der Waals surface area contributed by atoms with Crippen molar-refractivity contribution in [3.8, 4) is 11.8 Å². The monoisotopic (exact) mass is 396 g/mol. The first-order valence-electron chi connectivity index (χ1n) is 9.02. The van der Waals surface area contributed by atoms with Gasteiger partial charge in [0, 0.05) is 11.3 Å². The van der Waals surface area contributed by atoms with Gasteiger partial charge >= 0.3 is 5.13 Å². The fraction of sp³-hybridized carbons (Fsp3) is 0. The van der Waals surface area contributed by atoms with Crippen LogP contribution in [0.1, 0.15) is 10.4 Å². The molecule has 1 heterocycles. The first-order valence-corrected chi connectivity index (χ1v) is 9.84. The van der Waals surface area contributed by atoms with Crippen molar-refractivity contribution in [1.29, 1.82) is 5.26 Å². The van der Waals surface area contributed by atoms with E-state index in [4.69, 9.17) is 10.7 Å². The zero-order valence-corrected chi connectivity index (χ0v) is 16.3. The number of rotatable bonds is 4. The normalized spacial score (nSPS) is 11.1. The second kappa shape index (κ2) is 8.38. The van der Waals surface area contributed by atoms with Crippen molar-refractivity contribution >= 4 is 33.8 Å². The minimum atomic E-state index is 0.384. The molecule has 0 aliphatic carbocycles. The zero-order valence-electron chi connectivity index (χ0n) is 15.5. The molecule has 6 heteroatoms. The molecule has 0 saturated carbocycles. The lowest BCUT2D eigenvalue weighted by Crippen LogP contribution is -2.32. The second-order valence-electron chi connectivity index (χ2n) is 6.20. The maximum atomic E-state index is 9.49. The van der Waals surface area contributed by atoms with E-state index < -0.39 is 0 Å². The van der Waals surface area contributed by atoms with Gasteiger partial charge in [0.05, 0.1) is 0 Å². The van der Waals surface area contributed by atoms with Gasteiger partial charge in [-0.05, 0) is 47.7 Å². The third kappa shape index (κ3) is 4.00. The first kappa shape index (κ1) is 18.4. The summed E-state index contributed by atoms with van der Waals surface area (Å²) in [6.45, 7) is 0. The van der Waals surface area contributed by atoms with Crippen LogP contribution in [0.2, 0.25) is 0 Å². The van der Waals surface area contributed by atoms with Gasteiger partial charge in [0.25, 0.3) is 5.82 Å². The van der Waals surface area contributed by atoms with E-state index >= 15 is 0 Å². The van der Waals surface area contributed by atoms with E-state index in [-0.39, 0.29) is 0 Å². The quantitative estimate of drug-likeness (QED) is 0.299. The molecule has 0 aliphatic heterocycles. The Labute approximate surface area is 173 Å². The number of anilines is 2. The Kier molecular flexibility index (Phi) is 5.32. The van der Waals surface area contributed by atoms with E-state index in [1.54, 1.807) is 4.57 Å². The molecule has 0 bridgehead atoms. The third-order valence-electron chi connectivity index (χ3n) is 4.27. The number of nitriles is 1. The molecule has 0 radical (unpaired) electrons. The maximum absolute atomic E-state index is 9.49. The molecule has 29 heavy (non-hydrogen) atoms. The second-order valence-corrected chi connectivity index (χ2v) is 7.18. The Morgan fingerprint density at radius 2 is 1.48 bits per heavy atom. The highest BCUT2D eigenvalue weighted by atomic mass is 32.1. The Morgan fingerprint density at radius 3 is 2.10 bits per heavy atom. The van der Waals surface area contributed by atoms with Gasteiger partial charge in [-0.25, -0.2) is 0 Å². The van der Waals surface area contributed by atoms with Crippen LogP contribution in [-0.4, -0.2) is 5.84 Å². The number of thiazole rings is 1. The molecule has 140 valence electrons. The van der Waals surface area contributed by atoms with Crippen molar-refractivity contribution in [3.63, 3.8) is 0 Å². The van der Waals surface area contributed by atoms with Crippen molar-refractivity contribution in [2.24, 2.45) is 4.99 Å². The van der Waals surface area contributed by atoms with Crippen LogP contribution < -0.4 is 15.6 Å². The molecule has 0 atom stereocenters. The minimum Gasteiger partial charge on any atom is -0.326 e. The number of hydrogen-bond acceptors (Lipinski definition) is 4. The lowest BCUT2D eigenvalue weighted by atomic mass is 10.2. The molecule has 0 aliphatic rings. The molecule has 5 nitrogen and oxygen atoms in total. The summed E-state index contributed by atoms with van der Waals surface area (Å²) in [6.07, 6.45) is 0. The Balaban J connectivity index is 1.87. The molecular weight excluding hydrogens is 378 g/mol.